The van der Waals surface area contributed by atoms with Crippen molar-refractivity contribution >= 4 is 10.0 Å². The highest BCUT2D eigenvalue weighted by atomic mass is 32.2. The van der Waals surface area contributed by atoms with Crippen molar-refractivity contribution in [3.05, 3.63) is 35.4 Å². The van der Waals surface area contributed by atoms with Gasteiger partial charge in [-0.05, 0) is 42.9 Å². The summed E-state index contributed by atoms with van der Waals surface area (Å²) in [6, 6.07) is 8.61. The lowest BCUT2D eigenvalue weighted by molar-refractivity contribution is 0.102. The van der Waals surface area contributed by atoms with E-state index in [-0.39, 0.29) is 17.8 Å². The average Bonchev–Trinajstić information content (AvgIpc) is 2.45. The maximum atomic E-state index is 12.1. The van der Waals surface area contributed by atoms with Crippen molar-refractivity contribution in [2.75, 3.05) is 6.54 Å². The Morgan fingerprint density at radius 1 is 1.38 bits per heavy atom. The number of aliphatic hydroxyl groups is 1. The van der Waals surface area contributed by atoms with Crippen LogP contribution in [0.25, 0.3) is 0 Å². The van der Waals surface area contributed by atoms with Gasteiger partial charge in [0.1, 0.15) is 0 Å². The topological polar surface area (TPSA) is 90.2 Å². The Bertz CT molecular complexity index is 622. The van der Waals surface area contributed by atoms with E-state index in [2.05, 4.69) is 4.72 Å². The Morgan fingerprint density at radius 3 is 2.90 bits per heavy atom. The lowest BCUT2D eigenvalue weighted by Gasteiger charge is -2.25. The SMILES string of the molecule is N#Cc1cccc(CS(=O)(=O)NCC2CCCC(O)C2)c1. The molecule has 21 heavy (non-hydrogen) atoms. The minimum atomic E-state index is -3.42. The molecule has 0 bridgehead atoms. The Morgan fingerprint density at radius 2 is 2.19 bits per heavy atom. The first-order chi connectivity index (χ1) is 9.98. The summed E-state index contributed by atoms with van der Waals surface area (Å²) < 4.78 is 26.7. The minimum Gasteiger partial charge on any atom is -0.393 e. The number of hydrogen-bond acceptors (Lipinski definition) is 4. The number of nitrogens with zero attached hydrogens (tertiary/aromatic N) is 1. The van der Waals surface area contributed by atoms with E-state index in [1.807, 2.05) is 6.07 Å². The molecule has 0 aliphatic heterocycles. The first kappa shape index (κ1) is 16.0. The zero-order valence-corrected chi connectivity index (χ0v) is 12.6. The molecule has 1 fully saturated rings. The summed E-state index contributed by atoms with van der Waals surface area (Å²) in [6.45, 7) is 0.372. The summed E-state index contributed by atoms with van der Waals surface area (Å²) >= 11 is 0. The Hall–Kier alpha value is -1.42. The molecule has 2 rings (SSSR count). The highest BCUT2D eigenvalue weighted by Gasteiger charge is 2.22. The van der Waals surface area contributed by atoms with Gasteiger partial charge in [-0.1, -0.05) is 18.6 Å². The molecule has 0 heterocycles. The van der Waals surface area contributed by atoms with Gasteiger partial charge in [-0.25, -0.2) is 13.1 Å². The zero-order chi connectivity index (χ0) is 15.3. The molecule has 6 heteroatoms. The van der Waals surface area contributed by atoms with E-state index in [1.165, 1.54) is 0 Å². The van der Waals surface area contributed by atoms with Gasteiger partial charge in [-0.2, -0.15) is 5.26 Å². The lowest BCUT2D eigenvalue weighted by atomic mass is 9.87. The average molecular weight is 308 g/mol. The van der Waals surface area contributed by atoms with Crippen molar-refractivity contribution in [3.63, 3.8) is 0 Å². The van der Waals surface area contributed by atoms with Gasteiger partial charge in [0, 0.05) is 6.54 Å². The van der Waals surface area contributed by atoms with E-state index in [0.29, 0.717) is 24.1 Å². The van der Waals surface area contributed by atoms with Crippen molar-refractivity contribution in [1.82, 2.24) is 4.72 Å². The van der Waals surface area contributed by atoms with Crippen molar-refractivity contribution in [3.8, 4) is 6.07 Å². The summed E-state index contributed by atoms with van der Waals surface area (Å²) in [5.74, 6) is 0.0756. The predicted molar refractivity (Wildman–Crippen MR) is 79.7 cm³/mol. The Kier molecular flexibility index (Phi) is 5.34. The van der Waals surface area contributed by atoms with Crippen LogP contribution in [-0.2, 0) is 15.8 Å². The molecule has 0 amide bonds. The minimum absolute atomic E-state index is 0.127. The summed E-state index contributed by atoms with van der Waals surface area (Å²) in [5, 5.41) is 18.4. The molecule has 2 unspecified atom stereocenters. The lowest BCUT2D eigenvalue weighted by Crippen LogP contribution is -2.33. The van der Waals surface area contributed by atoms with Crippen LogP contribution >= 0.6 is 0 Å². The summed E-state index contributed by atoms with van der Waals surface area (Å²) in [7, 11) is -3.42. The van der Waals surface area contributed by atoms with Crippen molar-refractivity contribution in [2.24, 2.45) is 5.92 Å². The predicted octanol–water partition coefficient (Wildman–Crippen LogP) is 1.53. The van der Waals surface area contributed by atoms with E-state index < -0.39 is 10.0 Å². The van der Waals surface area contributed by atoms with Crippen molar-refractivity contribution < 1.29 is 13.5 Å². The van der Waals surface area contributed by atoms with Crippen LogP contribution in [0.3, 0.4) is 0 Å². The fourth-order valence-electron chi connectivity index (χ4n) is 2.69. The van der Waals surface area contributed by atoms with Crippen LogP contribution in [0.5, 0.6) is 0 Å². The molecule has 1 aromatic carbocycles. The third kappa shape index (κ3) is 5.12. The number of nitrogens with one attached hydrogen (secondary N) is 1. The van der Waals surface area contributed by atoms with Crippen LogP contribution in [-0.4, -0.2) is 26.2 Å². The summed E-state index contributed by atoms with van der Waals surface area (Å²) in [5.41, 5.74) is 1.06. The van der Waals surface area contributed by atoms with Gasteiger partial charge in [0.2, 0.25) is 10.0 Å². The molecule has 0 saturated heterocycles. The van der Waals surface area contributed by atoms with Crippen LogP contribution in [0.1, 0.15) is 36.8 Å². The second-order valence-corrected chi connectivity index (χ2v) is 7.41. The number of sulfonamides is 1. The molecule has 0 aromatic heterocycles. The van der Waals surface area contributed by atoms with E-state index in [4.69, 9.17) is 5.26 Å². The van der Waals surface area contributed by atoms with E-state index >= 15 is 0 Å². The standard InChI is InChI=1S/C15H20N2O3S/c16-9-12-3-1-5-14(7-12)11-21(19,20)17-10-13-4-2-6-15(18)8-13/h1,3,5,7,13,15,17-18H,2,4,6,8,10-11H2. The zero-order valence-electron chi connectivity index (χ0n) is 11.8. The van der Waals surface area contributed by atoms with Crippen LogP contribution in [0.2, 0.25) is 0 Å². The highest BCUT2D eigenvalue weighted by molar-refractivity contribution is 7.88. The molecule has 114 valence electrons. The number of rotatable bonds is 5. The second kappa shape index (κ2) is 7.03. The molecule has 1 aliphatic rings. The van der Waals surface area contributed by atoms with Gasteiger partial charge in [0.05, 0.1) is 23.5 Å². The molecule has 5 nitrogen and oxygen atoms in total. The molecule has 1 aromatic rings. The number of benzene rings is 1. The van der Waals surface area contributed by atoms with E-state index in [1.54, 1.807) is 24.3 Å². The third-order valence-corrected chi connectivity index (χ3v) is 5.08. The fraction of sp³-hybridized carbons (Fsp3) is 0.533. The van der Waals surface area contributed by atoms with Crippen LogP contribution in [0.4, 0.5) is 0 Å². The quantitative estimate of drug-likeness (QED) is 0.863. The van der Waals surface area contributed by atoms with Gasteiger partial charge in [-0.3, -0.25) is 0 Å². The number of hydrogen-bond donors (Lipinski definition) is 2. The Labute approximate surface area is 125 Å². The third-order valence-electron chi connectivity index (χ3n) is 3.76. The highest BCUT2D eigenvalue weighted by Crippen LogP contribution is 2.23. The molecular weight excluding hydrogens is 288 g/mol. The first-order valence-electron chi connectivity index (χ1n) is 7.13. The molecular formula is C15H20N2O3S. The normalized spacial score (nSPS) is 22.7. The van der Waals surface area contributed by atoms with Gasteiger partial charge < -0.3 is 5.11 Å². The maximum absolute atomic E-state index is 12.1. The first-order valence-corrected chi connectivity index (χ1v) is 8.78. The smallest absolute Gasteiger partial charge is 0.215 e. The van der Waals surface area contributed by atoms with Gasteiger partial charge in [0.15, 0.2) is 0 Å². The van der Waals surface area contributed by atoms with E-state index in [9.17, 15) is 13.5 Å². The molecule has 0 spiro atoms. The molecule has 2 N–H and O–H groups in total. The number of aliphatic hydroxyl groups excluding tert-OH is 1. The Balaban J connectivity index is 1.91. The van der Waals surface area contributed by atoms with Crippen molar-refractivity contribution in [2.45, 2.75) is 37.5 Å². The fourth-order valence-corrected chi connectivity index (χ4v) is 3.90. The van der Waals surface area contributed by atoms with Crippen molar-refractivity contribution in [1.29, 1.82) is 5.26 Å². The van der Waals surface area contributed by atoms with Gasteiger partial charge >= 0.3 is 0 Å². The monoisotopic (exact) mass is 308 g/mol. The number of nitriles is 1. The molecule has 2 atom stereocenters. The van der Waals surface area contributed by atoms with Crippen LogP contribution in [0, 0.1) is 17.2 Å². The molecule has 1 saturated carbocycles. The largest absolute Gasteiger partial charge is 0.393 e. The molecule has 0 radical (unpaired) electrons. The summed E-state index contributed by atoms with van der Waals surface area (Å²) in [4.78, 5) is 0. The van der Waals surface area contributed by atoms with Gasteiger partial charge in [-0.15, -0.1) is 0 Å². The summed E-state index contributed by atoms with van der Waals surface area (Å²) in [6.07, 6.45) is 3.05. The van der Waals surface area contributed by atoms with Gasteiger partial charge in [0.25, 0.3) is 0 Å². The van der Waals surface area contributed by atoms with E-state index in [0.717, 1.165) is 19.3 Å². The maximum Gasteiger partial charge on any atom is 0.215 e. The van der Waals surface area contributed by atoms with Crippen LogP contribution in [0.15, 0.2) is 24.3 Å². The molecule has 1 aliphatic carbocycles. The van der Waals surface area contributed by atoms with Crippen LogP contribution < -0.4 is 4.72 Å². The second-order valence-electron chi connectivity index (χ2n) is 5.61.